The van der Waals surface area contributed by atoms with E-state index in [1.807, 2.05) is 13.8 Å². The third-order valence-corrected chi connectivity index (χ3v) is 1.90. The lowest BCUT2D eigenvalue weighted by Crippen LogP contribution is -2.28. The van der Waals surface area contributed by atoms with Crippen LogP contribution < -0.4 is 5.32 Å². The van der Waals surface area contributed by atoms with Gasteiger partial charge in [-0.2, -0.15) is 0 Å². The summed E-state index contributed by atoms with van der Waals surface area (Å²) in [6.07, 6.45) is 0. The second-order valence-corrected chi connectivity index (χ2v) is 4.11. The molecule has 0 aliphatic carbocycles. The van der Waals surface area contributed by atoms with E-state index < -0.39 is 0 Å². The molecule has 0 radical (unpaired) electrons. The number of aromatic nitrogens is 2. The average molecular weight is 228 g/mol. The SMILES string of the molecule is Cc1nc(Cl)cc(C(=O)NCC(C)C)n1. The normalized spacial score (nSPS) is 10.5. The molecule has 4 nitrogen and oxygen atoms in total. The van der Waals surface area contributed by atoms with Gasteiger partial charge in [-0.3, -0.25) is 4.79 Å². The van der Waals surface area contributed by atoms with Crippen LogP contribution in [0.3, 0.4) is 0 Å². The molecule has 1 rings (SSSR count). The van der Waals surface area contributed by atoms with E-state index in [2.05, 4.69) is 15.3 Å². The number of nitrogens with one attached hydrogen (secondary N) is 1. The van der Waals surface area contributed by atoms with Crippen LogP contribution in [-0.4, -0.2) is 22.4 Å². The molecule has 0 saturated heterocycles. The summed E-state index contributed by atoms with van der Waals surface area (Å²) in [7, 11) is 0. The predicted octanol–water partition coefficient (Wildman–Crippen LogP) is 1.82. The number of aryl methyl sites for hydroxylation is 1. The maximum absolute atomic E-state index is 11.6. The van der Waals surface area contributed by atoms with Gasteiger partial charge in [0.05, 0.1) is 0 Å². The van der Waals surface area contributed by atoms with Gasteiger partial charge in [-0.15, -0.1) is 0 Å². The molecule has 0 aromatic carbocycles. The van der Waals surface area contributed by atoms with Crippen molar-refractivity contribution in [2.24, 2.45) is 5.92 Å². The molecule has 5 heteroatoms. The Kier molecular flexibility index (Phi) is 4.03. The number of carbonyl (C=O) groups is 1. The van der Waals surface area contributed by atoms with Gasteiger partial charge in [-0.25, -0.2) is 9.97 Å². The maximum Gasteiger partial charge on any atom is 0.270 e. The van der Waals surface area contributed by atoms with Crippen molar-refractivity contribution < 1.29 is 4.79 Å². The summed E-state index contributed by atoms with van der Waals surface area (Å²) in [6.45, 7) is 6.38. The molecule has 0 atom stereocenters. The van der Waals surface area contributed by atoms with Crippen LogP contribution in [-0.2, 0) is 0 Å². The number of carbonyl (C=O) groups excluding carboxylic acids is 1. The average Bonchev–Trinajstić information content (AvgIpc) is 2.12. The molecule has 1 heterocycles. The largest absolute Gasteiger partial charge is 0.350 e. The summed E-state index contributed by atoms with van der Waals surface area (Å²) >= 11 is 5.73. The first-order valence-corrected chi connectivity index (χ1v) is 5.16. The third kappa shape index (κ3) is 3.83. The second kappa shape index (κ2) is 5.07. The molecule has 0 aliphatic rings. The molecule has 0 aliphatic heterocycles. The van der Waals surface area contributed by atoms with Crippen molar-refractivity contribution in [2.75, 3.05) is 6.54 Å². The Morgan fingerprint density at radius 1 is 1.53 bits per heavy atom. The lowest BCUT2D eigenvalue weighted by Gasteiger charge is -2.07. The van der Waals surface area contributed by atoms with Crippen LogP contribution in [0.25, 0.3) is 0 Å². The van der Waals surface area contributed by atoms with Gasteiger partial charge in [0, 0.05) is 12.6 Å². The van der Waals surface area contributed by atoms with Crippen molar-refractivity contribution in [3.63, 3.8) is 0 Å². The summed E-state index contributed by atoms with van der Waals surface area (Å²) in [6, 6.07) is 1.46. The molecule has 15 heavy (non-hydrogen) atoms. The molecule has 1 amide bonds. The number of nitrogens with zero attached hydrogens (tertiary/aromatic N) is 2. The van der Waals surface area contributed by atoms with Crippen LogP contribution in [0.5, 0.6) is 0 Å². The molecule has 1 aromatic heterocycles. The molecular formula is C10H14ClN3O. The summed E-state index contributed by atoms with van der Waals surface area (Å²) < 4.78 is 0. The highest BCUT2D eigenvalue weighted by molar-refractivity contribution is 6.29. The molecule has 0 spiro atoms. The molecule has 0 saturated carbocycles. The van der Waals surface area contributed by atoms with Crippen molar-refractivity contribution in [2.45, 2.75) is 20.8 Å². The van der Waals surface area contributed by atoms with E-state index >= 15 is 0 Å². The van der Waals surface area contributed by atoms with Crippen LogP contribution in [0.1, 0.15) is 30.2 Å². The zero-order valence-corrected chi connectivity index (χ0v) is 9.80. The Bertz CT molecular complexity index is 345. The highest BCUT2D eigenvalue weighted by Crippen LogP contribution is 2.06. The standard InChI is InChI=1S/C10H14ClN3O/c1-6(2)5-12-10(15)8-4-9(11)14-7(3)13-8/h4,6H,5H2,1-3H3,(H,12,15). The lowest BCUT2D eigenvalue weighted by atomic mass is 10.2. The van der Waals surface area contributed by atoms with Crippen LogP contribution in [0, 0.1) is 12.8 Å². The Labute approximate surface area is 94.1 Å². The van der Waals surface area contributed by atoms with E-state index in [4.69, 9.17) is 11.6 Å². The predicted molar refractivity (Wildman–Crippen MR) is 59.0 cm³/mol. The van der Waals surface area contributed by atoms with E-state index in [1.165, 1.54) is 6.07 Å². The molecule has 0 fully saturated rings. The van der Waals surface area contributed by atoms with Gasteiger partial charge < -0.3 is 5.32 Å². The molecule has 0 bridgehead atoms. The fourth-order valence-corrected chi connectivity index (χ4v) is 1.26. The Hall–Kier alpha value is -1.16. The number of amides is 1. The van der Waals surface area contributed by atoms with Crippen molar-refractivity contribution in [1.82, 2.24) is 15.3 Å². The van der Waals surface area contributed by atoms with Crippen LogP contribution in [0.15, 0.2) is 6.07 Å². The minimum atomic E-state index is -0.212. The van der Waals surface area contributed by atoms with E-state index in [9.17, 15) is 4.79 Å². The quantitative estimate of drug-likeness (QED) is 0.802. The zero-order chi connectivity index (χ0) is 11.4. The van der Waals surface area contributed by atoms with Gasteiger partial charge in [0.15, 0.2) is 0 Å². The van der Waals surface area contributed by atoms with Crippen molar-refractivity contribution in [3.05, 3.63) is 22.7 Å². The monoisotopic (exact) mass is 227 g/mol. The first-order valence-electron chi connectivity index (χ1n) is 4.78. The fraction of sp³-hybridized carbons (Fsp3) is 0.500. The topological polar surface area (TPSA) is 54.9 Å². The second-order valence-electron chi connectivity index (χ2n) is 3.73. The van der Waals surface area contributed by atoms with Gasteiger partial charge in [-0.05, 0) is 12.8 Å². The fourth-order valence-electron chi connectivity index (χ4n) is 1.03. The number of hydrogen-bond acceptors (Lipinski definition) is 3. The summed E-state index contributed by atoms with van der Waals surface area (Å²) in [5.41, 5.74) is 0.313. The molecule has 1 N–H and O–H groups in total. The van der Waals surface area contributed by atoms with Crippen LogP contribution in [0.4, 0.5) is 0 Å². The van der Waals surface area contributed by atoms with Gasteiger partial charge >= 0.3 is 0 Å². The Morgan fingerprint density at radius 2 is 2.20 bits per heavy atom. The molecule has 82 valence electrons. The minimum Gasteiger partial charge on any atom is -0.350 e. The first kappa shape index (κ1) is 11.9. The Balaban J connectivity index is 2.73. The van der Waals surface area contributed by atoms with Crippen molar-refractivity contribution in [3.8, 4) is 0 Å². The van der Waals surface area contributed by atoms with Gasteiger partial charge in [0.25, 0.3) is 5.91 Å². The summed E-state index contributed by atoms with van der Waals surface area (Å²) in [5.74, 6) is 0.695. The summed E-state index contributed by atoms with van der Waals surface area (Å²) in [4.78, 5) is 19.5. The highest BCUT2D eigenvalue weighted by atomic mass is 35.5. The number of rotatable bonds is 3. The van der Waals surface area contributed by atoms with E-state index in [1.54, 1.807) is 6.92 Å². The molecule has 1 aromatic rings. The molecule has 0 unspecified atom stereocenters. The Morgan fingerprint density at radius 3 is 2.73 bits per heavy atom. The smallest absolute Gasteiger partial charge is 0.270 e. The van der Waals surface area contributed by atoms with Crippen LogP contribution >= 0.6 is 11.6 Å². The summed E-state index contributed by atoms with van der Waals surface area (Å²) in [5, 5.41) is 3.05. The number of hydrogen-bond donors (Lipinski definition) is 1. The van der Waals surface area contributed by atoms with E-state index in [0.717, 1.165) is 0 Å². The van der Waals surface area contributed by atoms with Crippen LogP contribution in [0.2, 0.25) is 5.15 Å². The number of halogens is 1. The van der Waals surface area contributed by atoms with Gasteiger partial charge in [-0.1, -0.05) is 25.4 Å². The van der Waals surface area contributed by atoms with Gasteiger partial charge in [0.2, 0.25) is 0 Å². The third-order valence-electron chi connectivity index (χ3n) is 1.71. The van der Waals surface area contributed by atoms with E-state index in [0.29, 0.717) is 24.0 Å². The highest BCUT2D eigenvalue weighted by Gasteiger charge is 2.09. The van der Waals surface area contributed by atoms with Crippen molar-refractivity contribution >= 4 is 17.5 Å². The molecular weight excluding hydrogens is 214 g/mol. The first-order chi connectivity index (χ1) is 6.99. The maximum atomic E-state index is 11.6. The van der Waals surface area contributed by atoms with Crippen molar-refractivity contribution in [1.29, 1.82) is 0 Å². The zero-order valence-electron chi connectivity index (χ0n) is 9.04. The van der Waals surface area contributed by atoms with E-state index in [-0.39, 0.29) is 11.1 Å². The lowest BCUT2D eigenvalue weighted by molar-refractivity contribution is 0.0943. The van der Waals surface area contributed by atoms with Gasteiger partial charge in [0.1, 0.15) is 16.7 Å². The minimum absolute atomic E-state index is 0.212.